The van der Waals surface area contributed by atoms with Crippen molar-refractivity contribution in [1.82, 2.24) is 0 Å². The van der Waals surface area contributed by atoms with Crippen LogP contribution in [0.25, 0.3) is 21.5 Å². The molecule has 0 aliphatic carbocycles. The van der Waals surface area contributed by atoms with Crippen LogP contribution in [0.15, 0.2) is 121 Å². The topological polar surface area (TPSA) is 0 Å². The van der Waals surface area contributed by atoms with Crippen LogP contribution in [0.4, 0.5) is 0 Å². The van der Waals surface area contributed by atoms with Gasteiger partial charge in [0, 0.05) is 11.8 Å². The first-order valence-electron chi connectivity index (χ1n) is 17.3. The minimum atomic E-state index is 0.0779. The smallest absolute Gasteiger partial charge is 0.0352 e. The van der Waals surface area contributed by atoms with E-state index >= 15 is 0 Å². The quantitative estimate of drug-likeness (QED) is 0.128. The minimum absolute atomic E-state index is 0.0779. The highest BCUT2D eigenvalue weighted by Crippen LogP contribution is 2.47. The lowest BCUT2D eigenvalue weighted by molar-refractivity contribution is 0.974. The minimum Gasteiger partial charge on any atom is -0.0616 e. The molecule has 0 aliphatic heterocycles. The molecule has 0 nitrogen and oxygen atoms in total. The van der Waals surface area contributed by atoms with Crippen LogP contribution in [0.2, 0.25) is 0 Å². The Balaban J connectivity index is 1.62. The van der Waals surface area contributed by atoms with Crippen molar-refractivity contribution in [2.24, 2.45) is 0 Å². The van der Waals surface area contributed by atoms with Crippen molar-refractivity contribution in [1.29, 1.82) is 0 Å². The van der Waals surface area contributed by atoms with Crippen LogP contribution in [0, 0.1) is 55.4 Å². The largest absolute Gasteiger partial charge is 0.0616 e. The van der Waals surface area contributed by atoms with E-state index < -0.39 is 0 Å². The molecule has 7 aromatic rings. The molecule has 0 bridgehead atoms. The van der Waals surface area contributed by atoms with E-state index in [1.807, 2.05) is 0 Å². The lowest BCUT2D eigenvalue weighted by Gasteiger charge is -2.29. The summed E-state index contributed by atoms with van der Waals surface area (Å²) in [6, 6.07) is 46.7. The van der Waals surface area contributed by atoms with Crippen LogP contribution in [0.5, 0.6) is 0 Å². The average molecular weight is 623 g/mol. The number of hydrogen-bond acceptors (Lipinski definition) is 0. The Morgan fingerprint density at radius 1 is 0.271 bits per heavy atom. The SMILES string of the molecule is Cc1ccc(C(c2ccc(C)c(C)c2)c2c3ccccc3c(C(c3ccc(C)c(C)c3)c3ccc(C)c(C)c3)c3ccccc23)cc1C. The Hall–Kier alpha value is -4.94. The fourth-order valence-corrected chi connectivity index (χ4v) is 7.65. The van der Waals surface area contributed by atoms with Gasteiger partial charge in [-0.2, -0.15) is 0 Å². The monoisotopic (exact) mass is 622 g/mol. The normalized spacial score (nSPS) is 11.7. The van der Waals surface area contributed by atoms with Crippen molar-refractivity contribution in [2.75, 3.05) is 0 Å². The maximum atomic E-state index is 2.42. The van der Waals surface area contributed by atoms with Crippen molar-refractivity contribution in [2.45, 2.75) is 67.2 Å². The third-order valence-corrected chi connectivity index (χ3v) is 11.0. The van der Waals surface area contributed by atoms with Gasteiger partial charge in [0.05, 0.1) is 0 Å². The molecule has 0 aromatic heterocycles. The maximum absolute atomic E-state index is 2.42. The molecular formula is C48H46. The molecule has 0 unspecified atom stereocenters. The van der Waals surface area contributed by atoms with E-state index in [1.54, 1.807) is 0 Å². The van der Waals surface area contributed by atoms with Crippen LogP contribution in [-0.2, 0) is 0 Å². The fourth-order valence-electron chi connectivity index (χ4n) is 7.65. The highest BCUT2D eigenvalue weighted by molar-refractivity contribution is 6.08. The first-order valence-corrected chi connectivity index (χ1v) is 17.3. The predicted octanol–water partition coefficient (Wildman–Crippen LogP) is 12.8. The van der Waals surface area contributed by atoms with E-state index in [4.69, 9.17) is 0 Å². The van der Waals surface area contributed by atoms with Crippen LogP contribution in [0.3, 0.4) is 0 Å². The summed E-state index contributed by atoms with van der Waals surface area (Å²) in [5.74, 6) is 0.156. The summed E-state index contributed by atoms with van der Waals surface area (Å²) in [6.07, 6.45) is 0. The van der Waals surface area contributed by atoms with Gasteiger partial charge in [0.25, 0.3) is 0 Å². The van der Waals surface area contributed by atoms with Gasteiger partial charge in [0.2, 0.25) is 0 Å². The van der Waals surface area contributed by atoms with E-state index in [1.165, 1.54) is 99.4 Å². The molecule has 0 heterocycles. The van der Waals surface area contributed by atoms with Gasteiger partial charge in [0.1, 0.15) is 0 Å². The Bertz CT molecular complexity index is 2010. The van der Waals surface area contributed by atoms with Gasteiger partial charge in [0.15, 0.2) is 0 Å². The third-order valence-electron chi connectivity index (χ3n) is 11.0. The number of benzene rings is 7. The average Bonchev–Trinajstić information content (AvgIpc) is 3.08. The highest BCUT2D eigenvalue weighted by atomic mass is 14.3. The van der Waals surface area contributed by atoms with Crippen molar-refractivity contribution in [3.63, 3.8) is 0 Å². The van der Waals surface area contributed by atoms with Crippen LogP contribution in [-0.4, -0.2) is 0 Å². The molecule has 0 fully saturated rings. The molecule has 0 spiro atoms. The van der Waals surface area contributed by atoms with E-state index in [2.05, 4.69) is 177 Å². The Morgan fingerprint density at radius 2 is 0.500 bits per heavy atom. The van der Waals surface area contributed by atoms with Gasteiger partial charge in [-0.15, -0.1) is 0 Å². The predicted molar refractivity (Wildman–Crippen MR) is 207 cm³/mol. The molecule has 238 valence electrons. The van der Waals surface area contributed by atoms with Gasteiger partial charge in [-0.25, -0.2) is 0 Å². The number of fused-ring (bicyclic) bond motifs is 2. The lowest BCUT2D eigenvalue weighted by atomic mass is 9.74. The Morgan fingerprint density at radius 3 is 0.708 bits per heavy atom. The summed E-state index contributed by atoms with van der Waals surface area (Å²) < 4.78 is 0. The first kappa shape index (κ1) is 31.6. The van der Waals surface area contributed by atoms with Gasteiger partial charge in [-0.05, 0) is 155 Å². The second-order valence-electron chi connectivity index (χ2n) is 14.2. The molecule has 0 saturated heterocycles. The van der Waals surface area contributed by atoms with E-state index in [0.717, 1.165) is 0 Å². The summed E-state index contributed by atoms with van der Waals surface area (Å²) >= 11 is 0. The Kier molecular flexibility index (Phi) is 8.30. The molecule has 7 rings (SSSR count). The summed E-state index contributed by atoms with van der Waals surface area (Å²) in [7, 11) is 0. The van der Waals surface area contributed by atoms with E-state index in [0.29, 0.717) is 0 Å². The summed E-state index contributed by atoms with van der Waals surface area (Å²) in [5, 5.41) is 5.30. The molecule has 0 amide bonds. The maximum Gasteiger partial charge on any atom is 0.0352 e. The van der Waals surface area contributed by atoms with Gasteiger partial charge >= 0.3 is 0 Å². The number of rotatable bonds is 6. The van der Waals surface area contributed by atoms with Gasteiger partial charge in [-0.1, -0.05) is 121 Å². The molecule has 0 N–H and O–H groups in total. The second-order valence-corrected chi connectivity index (χ2v) is 14.2. The fraction of sp³-hybridized carbons (Fsp3) is 0.208. The molecule has 0 aliphatic rings. The highest BCUT2D eigenvalue weighted by Gasteiger charge is 2.28. The zero-order chi connectivity index (χ0) is 33.7. The number of hydrogen-bond donors (Lipinski definition) is 0. The van der Waals surface area contributed by atoms with Crippen molar-refractivity contribution in [3.8, 4) is 0 Å². The molecule has 48 heavy (non-hydrogen) atoms. The van der Waals surface area contributed by atoms with E-state index in [9.17, 15) is 0 Å². The van der Waals surface area contributed by atoms with Gasteiger partial charge < -0.3 is 0 Å². The van der Waals surface area contributed by atoms with Gasteiger partial charge in [-0.3, -0.25) is 0 Å². The van der Waals surface area contributed by atoms with Crippen LogP contribution in [0.1, 0.15) is 89.7 Å². The third kappa shape index (κ3) is 5.54. The van der Waals surface area contributed by atoms with Crippen LogP contribution >= 0.6 is 0 Å². The zero-order valence-electron chi connectivity index (χ0n) is 29.7. The molecular weight excluding hydrogens is 577 g/mol. The first-order chi connectivity index (χ1) is 23.1. The molecule has 0 heteroatoms. The lowest BCUT2D eigenvalue weighted by Crippen LogP contribution is -2.11. The summed E-state index contributed by atoms with van der Waals surface area (Å²) in [5.41, 5.74) is 18.7. The van der Waals surface area contributed by atoms with E-state index in [-0.39, 0.29) is 11.8 Å². The van der Waals surface area contributed by atoms with Crippen molar-refractivity contribution in [3.05, 3.63) is 199 Å². The van der Waals surface area contributed by atoms with Crippen molar-refractivity contribution < 1.29 is 0 Å². The molecule has 7 aromatic carbocycles. The number of aryl methyl sites for hydroxylation is 8. The van der Waals surface area contributed by atoms with Crippen molar-refractivity contribution >= 4 is 21.5 Å². The summed E-state index contributed by atoms with van der Waals surface area (Å²) in [4.78, 5) is 0. The second kappa shape index (κ2) is 12.6. The Labute approximate surface area is 287 Å². The molecule has 0 atom stereocenters. The molecule has 0 saturated carbocycles. The molecule has 0 radical (unpaired) electrons. The zero-order valence-corrected chi connectivity index (χ0v) is 29.7. The summed E-state index contributed by atoms with van der Waals surface area (Å²) in [6.45, 7) is 17.8. The standard InChI is InChI=1S/C48H46/c1-29-17-21-37(25-33(29)5)45(38-22-18-30(2)34(6)26-38)47-41-13-9-11-15-43(41)48(44-16-12-10-14-42(44)47)46(39-23-19-31(3)35(7)27-39)40-24-20-32(4)36(8)28-40/h9-28,45-46H,1-8H3. The van der Waals surface area contributed by atoms with Crippen LogP contribution < -0.4 is 0 Å².